The third-order valence-electron chi connectivity index (χ3n) is 4.16. The number of hydrogen-bond donors (Lipinski definition) is 1. The van der Waals surface area contributed by atoms with Crippen LogP contribution in [0.4, 0.5) is 5.82 Å². The van der Waals surface area contributed by atoms with E-state index in [-0.39, 0.29) is 17.2 Å². The number of nitrogens with one attached hydrogen (secondary N) is 1. The van der Waals surface area contributed by atoms with E-state index in [2.05, 4.69) is 22.2 Å². The number of hydrogen-bond acceptors (Lipinski definition) is 5. The Morgan fingerprint density at radius 1 is 1.48 bits per heavy atom. The van der Waals surface area contributed by atoms with E-state index < -0.39 is 0 Å². The lowest BCUT2D eigenvalue weighted by Crippen LogP contribution is -2.48. The number of carbonyl (C=O) groups excluding carboxylic acids is 1. The largest absolute Gasteiger partial charge is 0.380 e. The molecule has 3 heterocycles. The van der Waals surface area contributed by atoms with Crippen molar-refractivity contribution >= 4 is 11.7 Å². The summed E-state index contributed by atoms with van der Waals surface area (Å²) in [4.78, 5) is 22.2. The SMILES string of the molecule is CC(=O)N1CC(c2nc(C)cc(NCC3(C)COC3)n2)C1. The molecule has 0 aromatic carbocycles. The topological polar surface area (TPSA) is 67.4 Å². The zero-order valence-corrected chi connectivity index (χ0v) is 12.8. The Morgan fingerprint density at radius 3 is 2.76 bits per heavy atom. The minimum absolute atomic E-state index is 0.121. The highest BCUT2D eigenvalue weighted by molar-refractivity contribution is 5.74. The molecular formula is C15H22N4O2. The van der Waals surface area contributed by atoms with Gasteiger partial charge in [-0.3, -0.25) is 4.79 Å². The molecule has 3 rings (SSSR count). The summed E-state index contributed by atoms with van der Waals surface area (Å²) >= 11 is 0. The molecule has 0 bridgehead atoms. The first-order valence-electron chi connectivity index (χ1n) is 7.38. The summed E-state index contributed by atoms with van der Waals surface area (Å²) in [6.07, 6.45) is 0. The molecule has 0 radical (unpaired) electrons. The van der Waals surface area contributed by atoms with Gasteiger partial charge in [0.05, 0.1) is 19.1 Å². The van der Waals surface area contributed by atoms with E-state index in [1.54, 1.807) is 6.92 Å². The fourth-order valence-electron chi connectivity index (χ4n) is 2.62. The molecule has 1 aromatic heterocycles. The van der Waals surface area contributed by atoms with Crippen molar-refractivity contribution in [3.05, 3.63) is 17.6 Å². The van der Waals surface area contributed by atoms with Crippen LogP contribution < -0.4 is 5.32 Å². The molecule has 1 aromatic rings. The molecule has 2 aliphatic heterocycles. The van der Waals surface area contributed by atoms with Gasteiger partial charge in [0, 0.05) is 43.7 Å². The number of ether oxygens (including phenoxy) is 1. The van der Waals surface area contributed by atoms with Crippen molar-refractivity contribution in [1.82, 2.24) is 14.9 Å². The second-order valence-corrected chi connectivity index (χ2v) is 6.53. The lowest BCUT2D eigenvalue weighted by atomic mass is 9.89. The van der Waals surface area contributed by atoms with E-state index in [0.717, 1.165) is 50.2 Å². The highest BCUT2D eigenvalue weighted by Crippen LogP contribution is 2.28. The third kappa shape index (κ3) is 3.00. The molecule has 0 atom stereocenters. The third-order valence-corrected chi connectivity index (χ3v) is 4.16. The number of carbonyl (C=O) groups is 1. The molecule has 6 nitrogen and oxygen atoms in total. The predicted molar refractivity (Wildman–Crippen MR) is 79.2 cm³/mol. The van der Waals surface area contributed by atoms with Crippen LogP contribution in [-0.2, 0) is 9.53 Å². The number of aryl methyl sites for hydroxylation is 1. The molecule has 1 amide bonds. The number of nitrogens with zero attached hydrogens (tertiary/aromatic N) is 3. The summed E-state index contributed by atoms with van der Waals surface area (Å²) in [7, 11) is 0. The minimum atomic E-state index is 0.121. The van der Waals surface area contributed by atoms with Crippen LogP contribution in [0.15, 0.2) is 6.07 Å². The summed E-state index contributed by atoms with van der Waals surface area (Å²) < 4.78 is 5.26. The van der Waals surface area contributed by atoms with Gasteiger partial charge in [0.1, 0.15) is 11.6 Å². The monoisotopic (exact) mass is 290 g/mol. The van der Waals surface area contributed by atoms with Crippen LogP contribution in [0, 0.1) is 12.3 Å². The normalized spacial score (nSPS) is 20.6. The van der Waals surface area contributed by atoms with Crippen molar-refractivity contribution < 1.29 is 9.53 Å². The molecule has 0 unspecified atom stereocenters. The van der Waals surface area contributed by atoms with Crippen LogP contribution >= 0.6 is 0 Å². The predicted octanol–water partition coefficient (Wildman–Crippen LogP) is 1.18. The van der Waals surface area contributed by atoms with Crippen molar-refractivity contribution in [3.63, 3.8) is 0 Å². The fraction of sp³-hybridized carbons (Fsp3) is 0.667. The number of amides is 1. The summed E-state index contributed by atoms with van der Waals surface area (Å²) in [6, 6.07) is 1.97. The molecule has 2 aliphatic rings. The molecular weight excluding hydrogens is 268 g/mol. The van der Waals surface area contributed by atoms with Gasteiger partial charge in [0.25, 0.3) is 0 Å². The van der Waals surface area contributed by atoms with Crippen LogP contribution in [-0.4, -0.2) is 53.6 Å². The minimum Gasteiger partial charge on any atom is -0.380 e. The van der Waals surface area contributed by atoms with Crippen LogP contribution in [0.2, 0.25) is 0 Å². The van der Waals surface area contributed by atoms with Crippen molar-refractivity contribution in [1.29, 1.82) is 0 Å². The van der Waals surface area contributed by atoms with Crippen molar-refractivity contribution in [2.45, 2.75) is 26.7 Å². The van der Waals surface area contributed by atoms with Gasteiger partial charge in [-0.15, -0.1) is 0 Å². The Balaban J connectivity index is 1.64. The van der Waals surface area contributed by atoms with E-state index in [9.17, 15) is 4.79 Å². The van der Waals surface area contributed by atoms with E-state index in [1.807, 2.05) is 17.9 Å². The van der Waals surface area contributed by atoms with Crippen molar-refractivity contribution in [2.24, 2.45) is 5.41 Å². The smallest absolute Gasteiger partial charge is 0.219 e. The fourth-order valence-corrected chi connectivity index (χ4v) is 2.62. The average molecular weight is 290 g/mol. The molecule has 21 heavy (non-hydrogen) atoms. The standard InChI is InChI=1S/C15H22N4O2/c1-10-4-13(16-7-15(3)8-21-9-15)18-14(17-10)12-5-19(6-12)11(2)20/h4,12H,5-9H2,1-3H3,(H,16,17,18). The molecule has 1 N–H and O–H groups in total. The first-order valence-corrected chi connectivity index (χ1v) is 7.38. The summed E-state index contributed by atoms with van der Waals surface area (Å²) in [5.41, 5.74) is 1.17. The summed E-state index contributed by atoms with van der Waals surface area (Å²) in [6.45, 7) is 9.68. The zero-order valence-electron chi connectivity index (χ0n) is 12.8. The van der Waals surface area contributed by atoms with Crippen LogP contribution in [0.1, 0.15) is 31.3 Å². The lowest BCUT2D eigenvalue weighted by Gasteiger charge is -2.39. The highest BCUT2D eigenvalue weighted by Gasteiger charge is 2.34. The van der Waals surface area contributed by atoms with E-state index in [1.165, 1.54) is 0 Å². The van der Waals surface area contributed by atoms with Crippen molar-refractivity contribution in [2.75, 3.05) is 38.2 Å². The van der Waals surface area contributed by atoms with Crippen LogP contribution in [0.3, 0.4) is 0 Å². The van der Waals surface area contributed by atoms with Crippen molar-refractivity contribution in [3.8, 4) is 0 Å². The average Bonchev–Trinajstić information content (AvgIpc) is 2.31. The van der Waals surface area contributed by atoms with E-state index in [4.69, 9.17) is 4.74 Å². The summed E-state index contributed by atoms with van der Waals surface area (Å²) in [5.74, 6) is 2.09. The maximum absolute atomic E-state index is 11.3. The van der Waals surface area contributed by atoms with Gasteiger partial charge in [-0.2, -0.15) is 0 Å². The molecule has 2 fully saturated rings. The van der Waals surface area contributed by atoms with Crippen LogP contribution in [0.25, 0.3) is 0 Å². The second kappa shape index (κ2) is 5.26. The van der Waals surface area contributed by atoms with E-state index >= 15 is 0 Å². The molecule has 6 heteroatoms. The van der Waals surface area contributed by atoms with Crippen LogP contribution in [0.5, 0.6) is 0 Å². The second-order valence-electron chi connectivity index (χ2n) is 6.53. The molecule has 0 aliphatic carbocycles. The molecule has 114 valence electrons. The number of rotatable bonds is 4. The van der Waals surface area contributed by atoms with Gasteiger partial charge in [-0.05, 0) is 6.92 Å². The first-order chi connectivity index (χ1) is 9.95. The lowest BCUT2D eigenvalue weighted by molar-refractivity contribution is -0.133. The highest BCUT2D eigenvalue weighted by atomic mass is 16.5. The number of aromatic nitrogens is 2. The van der Waals surface area contributed by atoms with Gasteiger partial charge in [0.15, 0.2) is 0 Å². The Morgan fingerprint density at radius 2 is 2.19 bits per heavy atom. The van der Waals surface area contributed by atoms with Gasteiger partial charge in [-0.25, -0.2) is 9.97 Å². The molecule has 0 saturated carbocycles. The quantitative estimate of drug-likeness (QED) is 0.902. The van der Waals surface area contributed by atoms with Gasteiger partial charge in [0.2, 0.25) is 5.91 Å². The Hall–Kier alpha value is -1.69. The first kappa shape index (κ1) is 14.3. The van der Waals surface area contributed by atoms with Gasteiger partial charge in [-0.1, -0.05) is 6.92 Å². The van der Waals surface area contributed by atoms with Gasteiger partial charge >= 0.3 is 0 Å². The van der Waals surface area contributed by atoms with E-state index in [0.29, 0.717) is 0 Å². The van der Waals surface area contributed by atoms with Gasteiger partial charge < -0.3 is 15.0 Å². The molecule has 2 saturated heterocycles. The molecule has 0 spiro atoms. The zero-order chi connectivity index (χ0) is 15.0. The Kier molecular flexibility index (Phi) is 3.57. The maximum atomic E-state index is 11.3. The number of likely N-dealkylation sites (tertiary alicyclic amines) is 1. The Labute approximate surface area is 124 Å². The Bertz CT molecular complexity index is 551. The maximum Gasteiger partial charge on any atom is 0.219 e. The summed E-state index contributed by atoms with van der Waals surface area (Å²) in [5, 5.41) is 3.39. The number of anilines is 1.